The zero-order chi connectivity index (χ0) is 26.4. The second-order valence-corrected chi connectivity index (χ2v) is 10.9. The highest BCUT2D eigenvalue weighted by Gasteiger charge is 2.17. The fourth-order valence-electron chi connectivity index (χ4n) is 5.24. The lowest BCUT2D eigenvalue weighted by molar-refractivity contribution is 0.0952. The molecule has 1 aromatic rings. The van der Waals surface area contributed by atoms with Gasteiger partial charge in [0.2, 0.25) is 0 Å². The van der Waals surface area contributed by atoms with Crippen LogP contribution in [0.15, 0.2) is 18.3 Å². The lowest BCUT2D eigenvalue weighted by atomic mass is 10.0. The summed E-state index contributed by atoms with van der Waals surface area (Å²) in [5.41, 5.74) is 0.659. The number of aliphatic hydroxyl groups is 1. The molecule has 0 spiro atoms. The topological polar surface area (TPSA) is 68.7 Å². The highest BCUT2D eigenvalue weighted by atomic mass is 16.2. The Bertz CT molecular complexity index is 674. The van der Waals surface area contributed by atoms with E-state index in [1.807, 2.05) is 12.1 Å². The quantitative estimate of drug-likeness (QED) is 0.170. The minimum atomic E-state index is -0.00601. The van der Waals surface area contributed by atoms with E-state index < -0.39 is 0 Å². The molecule has 0 unspecified atom stereocenters. The number of hydrogen-bond donors (Lipinski definition) is 2. The smallest absolute Gasteiger partial charge is 0.252 e. The van der Waals surface area contributed by atoms with Crippen molar-refractivity contribution in [3.8, 4) is 0 Å². The molecule has 2 heterocycles. The highest BCUT2D eigenvalue weighted by Crippen LogP contribution is 2.15. The molecule has 1 aromatic heterocycles. The number of rotatable bonds is 22. The van der Waals surface area contributed by atoms with Crippen LogP contribution < -0.4 is 10.2 Å². The summed E-state index contributed by atoms with van der Waals surface area (Å²) in [6.07, 6.45) is 23.6. The number of carbonyl (C=O) groups excluding carboxylic acids is 1. The van der Waals surface area contributed by atoms with Gasteiger partial charge in [-0.15, -0.1) is 0 Å². The molecule has 1 aliphatic heterocycles. The first kappa shape index (κ1) is 31.6. The maximum absolute atomic E-state index is 12.4. The third-order valence-electron chi connectivity index (χ3n) is 7.62. The summed E-state index contributed by atoms with van der Waals surface area (Å²) < 4.78 is 0. The molecule has 2 N–H and O–H groups in total. The van der Waals surface area contributed by atoms with Gasteiger partial charge in [-0.05, 0) is 37.9 Å². The Kier molecular flexibility index (Phi) is 18.2. The van der Waals surface area contributed by atoms with Crippen LogP contribution >= 0.6 is 0 Å². The second-order valence-electron chi connectivity index (χ2n) is 10.9. The number of nitrogens with zero attached hydrogens (tertiary/aromatic N) is 3. The maximum Gasteiger partial charge on any atom is 0.252 e. The number of hydrogen-bond acceptors (Lipinski definition) is 5. The van der Waals surface area contributed by atoms with Crippen LogP contribution in [0.25, 0.3) is 0 Å². The molecule has 37 heavy (non-hydrogen) atoms. The third kappa shape index (κ3) is 14.8. The fourth-order valence-corrected chi connectivity index (χ4v) is 5.24. The van der Waals surface area contributed by atoms with Crippen molar-refractivity contribution in [3.63, 3.8) is 0 Å². The Morgan fingerprint density at radius 2 is 1.30 bits per heavy atom. The SMILES string of the molecule is CCCN1CCN(c2ccc(C(=O)NCCCCCCCCCCCCCCCCCCO)cn2)CC1. The van der Waals surface area contributed by atoms with Gasteiger partial charge in [0.1, 0.15) is 5.82 Å². The van der Waals surface area contributed by atoms with Crippen molar-refractivity contribution in [2.24, 2.45) is 0 Å². The van der Waals surface area contributed by atoms with Gasteiger partial charge < -0.3 is 15.3 Å². The van der Waals surface area contributed by atoms with Gasteiger partial charge in [0, 0.05) is 45.5 Å². The minimum Gasteiger partial charge on any atom is -0.396 e. The van der Waals surface area contributed by atoms with E-state index in [2.05, 4.69) is 27.0 Å². The molecule has 1 saturated heterocycles. The molecule has 0 radical (unpaired) electrons. The van der Waals surface area contributed by atoms with Crippen LogP contribution in [0.2, 0.25) is 0 Å². The molecule has 6 nitrogen and oxygen atoms in total. The van der Waals surface area contributed by atoms with Gasteiger partial charge in [-0.25, -0.2) is 4.98 Å². The summed E-state index contributed by atoms with van der Waals surface area (Å²) >= 11 is 0. The van der Waals surface area contributed by atoms with Crippen LogP contribution in [-0.4, -0.2) is 66.8 Å². The number of unbranched alkanes of at least 4 members (excludes halogenated alkanes) is 15. The van der Waals surface area contributed by atoms with Crippen molar-refractivity contribution in [3.05, 3.63) is 23.9 Å². The van der Waals surface area contributed by atoms with E-state index in [1.54, 1.807) is 6.20 Å². The zero-order valence-electron chi connectivity index (χ0n) is 23.9. The molecule has 1 aliphatic rings. The monoisotopic (exact) mass is 516 g/mol. The summed E-state index contributed by atoms with van der Waals surface area (Å²) in [5, 5.41) is 11.8. The number of aromatic nitrogens is 1. The number of aliphatic hydroxyl groups excluding tert-OH is 1. The Morgan fingerprint density at radius 1 is 0.784 bits per heavy atom. The van der Waals surface area contributed by atoms with Crippen LogP contribution in [0, 0.1) is 0 Å². The van der Waals surface area contributed by atoms with Crippen molar-refractivity contribution >= 4 is 11.7 Å². The van der Waals surface area contributed by atoms with E-state index >= 15 is 0 Å². The van der Waals surface area contributed by atoms with Gasteiger partial charge in [0.05, 0.1) is 5.56 Å². The maximum atomic E-state index is 12.4. The van der Waals surface area contributed by atoms with E-state index in [0.29, 0.717) is 12.2 Å². The van der Waals surface area contributed by atoms with Crippen molar-refractivity contribution in [1.82, 2.24) is 15.2 Å². The summed E-state index contributed by atoms with van der Waals surface area (Å²) in [6, 6.07) is 3.91. The predicted molar refractivity (Wildman–Crippen MR) is 156 cm³/mol. The Labute approximate surface area is 227 Å². The number of carbonyl (C=O) groups is 1. The molecule has 0 bridgehead atoms. The van der Waals surface area contributed by atoms with Crippen LogP contribution in [-0.2, 0) is 0 Å². The van der Waals surface area contributed by atoms with Crippen molar-refractivity contribution in [2.75, 3.05) is 50.8 Å². The first-order valence-corrected chi connectivity index (χ1v) is 15.6. The lowest BCUT2D eigenvalue weighted by Gasteiger charge is -2.35. The molecule has 0 aromatic carbocycles. The third-order valence-corrected chi connectivity index (χ3v) is 7.62. The van der Waals surface area contributed by atoms with Gasteiger partial charge in [0.15, 0.2) is 0 Å². The summed E-state index contributed by atoms with van der Waals surface area (Å²) in [6.45, 7) is 8.70. The van der Waals surface area contributed by atoms with E-state index in [0.717, 1.165) is 51.4 Å². The molecule has 2 rings (SSSR count). The average Bonchev–Trinajstić information content (AvgIpc) is 2.93. The molecular weight excluding hydrogens is 460 g/mol. The van der Waals surface area contributed by atoms with Gasteiger partial charge in [-0.2, -0.15) is 0 Å². The normalized spacial score (nSPS) is 14.3. The van der Waals surface area contributed by atoms with Crippen molar-refractivity contribution < 1.29 is 9.90 Å². The van der Waals surface area contributed by atoms with Crippen LogP contribution in [0.5, 0.6) is 0 Å². The molecule has 0 aliphatic carbocycles. The summed E-state index contributed by atoms with van der Waals surface area (Å²) in [4.78, 5) is 21.8. The van der Waals surface area contributed by atoms with Crippen molar-refractivity contribution in [2.45, 2.75) is 116 Å². The number of piperazine rings is 1. The zero-order valence-corrected chi connectivity index (χ0v) is 23.9. The minimum absolute atomic E-state index is 0.00601. The lowest BCUT2D eigenvalue weighted by Crippen LogP contribution is -2.46. The molecule has 1 amide bonds. The molecule has 1 fully saturated rings. The predicted octanol–water partition coefficient (Wildman–Crippen LogP) is 6.58. The van der Waals surface area contributed by atoms with E-state index in [9.17, 15) is 4.79 Å². The highest BCUT2D eigenvalue weighted by molar-refractivity contribution is 5.94. The summed E-state index contributed by atoms with van der Waals surface area (Å²) in [7, 11) is 0. The van der Waals surface area contributed by atoms with Gasteiger partial charge in [-0.1, -0.05) is 96.8 Å². The van der Waals surface area contributed by atoms with Crippen LogP contribution in [0.3, 0.4) is 0 Å². The number of anilines is 1. The average molecular weight is 517 g/mol. The van der Waals surface area contributed by atoms with Crippen molar-refractivity contribution in [1.29, 1.82) is 0 Å². The molecule has 6 heteroatoms. The fraction of sp³-hybridized carbons (Fsp3) is 0.806. The molecule has 0 saturated carbocycles. The molecule has 212 valence electrons. The van der Waals surface area contributed by atoms with E-state index in [4.69, 9.17) is 5.11 Å². The Morgan fingerprint density at radius 3 is 1.76 bits per heavy atom. The largest absolute Gasteiger partial charge is 0.396 e. The van der Waals surface area contributed by atoms with Gasteiger partial charge >= 0.3 is 0 Å². The van der Waals surface area contributed by atoms with Gasteiger partial charge in [0.25, 0.3) is 5.91 Å². The first-order valence-electron chi connectivity index (χ1n) is 15.6. The first-order chi connectivity index (χ1) is 18.2. The molecule has 0 atom stereocenters. The standard InChI is InChI=1S/C31H56N4O2/c1-2-22-34-23-25-35(26-24-34)30-20-19-29(28-33-30)31(37)32-21-17-15-13-11-9-7-5-3-4-6-8-10-12-14-16-18-27-36/h19-20,28,36H,2-18,21-27H2,1H3,(H,32,37). The Hall–Kier alpha value is -1.66. The second kappa shape index (κ2) is 21.3. The number of pyridine rings is 1. The Balaban J connectivity index is 1.38. The van der Waals surface area contributed by atoms with E-state index in [1.165, 1.54) is 103 Å². The number of amides is 1. The van der Waals surface area contributed by atoms with Gasteiger partial charge in [-0.3, -0.25) is 9.69 Å². The molecular formula is C31H56N4O2. The number of nitrogens with one attached hydrogen (secondary N) is 1. The van der Waals surface area contributed by atoms with Crippen LogP contribution in [0.1, 0.15) is 126 Å². The summed E-state index contributed by atoms with van der Waals surface area (Å²) in [5.74, 6) is 0.975. The van der Waals surface area contributed by atoms with E-state index in [-0.39, 0.29) is 5.91 Å². The van der Waals surface area contributed by atoms with Crippen LogP contribution in [0.4, 0.5) is 5.82 Å².